The van der Waals surface area contributed by atoms with Gasteiger partial charge in [-0.15, -0.1) is 11.3 Å². The van der Waals surface area contributed by atoms with E-state index in [9.17, 15) is 14.4 Å². The zero-order valence-corrected chi connectivity index (χ0v) is 14.8. The Morgan fingerprint density at radius 2 is 1.76 bits per heavy atom. The lowest BCUT2D eigenvalue weighted by Gasteiger charge is -2.17. The van der Waals surface area contributed by atoms with Crippen molar-refractivity contribution < 1.29 is 23.9 Å². The van der Waals surface area contributed by atoms with E-state index in [0.29, 0.717) is 10.6 Å². The van der Waals surface area contributed by atoms with Crippen LogP contribution in [0.5, 0.6) is 0 Å². The van der Waals surface area contributed by atoms with E-state index in [-0.39, 0.29) is 35.9 Å². The molecule has 3 aliphatic heterocycles. The Kier molecular flexibility index (Phi) is 3.34. The van der Waals surface area contributed by atoms with E-state index < -0.39 is 5.97 Å². The number of hydrogen-bond donors (Lipinski definition) is 0. The predicted octanol–water partition coefficient (Wildman–Crippen LogP) is 2.08. The molecule has 2 amide bonds. The molecule has 4 heterocycles. The van der Waals surface area contributed by atoms with Gasteiger partial charge in [0.2, 0.25) is 11.8 Å². The molecular weight excluding hydrogens is 342 g/mol. The highest BCUT2D eigenvalue weighted by molar-refractivity contribution is 7.17. The summed E-state index contributed by atoms with van der Waals surface area (Å²) in [5, 5.41) is 0.475. The highest BCUT2D eigenvalue weighted by Gasteiger charge is 2.63. The molecule has 25 heavy (non-hydrogen) atoms. The van der Waals surface area contributed by atoms with Crippen LogP contribution in [0, 0.1) is 11.8 Å². The number of thiophene rings is 1. The lowest BCUT2D eigenvalue weighted by atomic mass is 9.81. The summed E-state index contributed by atoms with van der Waals surface area (Å²) in [5.41, 5.74) is 1.40. The molecule has 4 atom stereocenters. The average Bonchev–Trinajstić information content (AvgIpc) is 3.36. The number of ether oxygens (including phenoxy) is 2. The molecule has 5 rings (SSSR count). The van der Waals surface area contributed by atoms with Crippen molar-refractivity contribution >= 4 is 34.1 Å². The number of methoxy groups -OCH3 is 1. The number of rotatable bonds is 2. The third-order valence-electron chi connectivity index (χ3n) is 6.03. The fourth-order valence-electron chi connectivity index (χ4n) is 4.93. The smallest absolute Gasteiger partial charge is 0.341 e. The highest BCUT2D eigenvalue weighted by Crippen LogP contribution is 2.51. The number of carbonyl (C=O) groups is 3. The molecule has 0 unspecified atom stereocenters. The van der Waals surface area contributed by atoms with Crippen LogP contribution in [-0.2, 0) is 31.9 Å². The maximum Gasteiger partial charge on any atom is 0.341 e. The third kappa shape index (κ3) is 1.96. The van der Waals surface area contributed by atoms with E-state index in [0.717, 1.165) is 49.0 Å². The summed E-state index contributed by atoms with van der Waals surface area (Å²) < 4.78 is 10.8. The van der Waals surface area contributed by atoms with Crippen molar-refractivity contribution in [2.75, 3.05) is 12.0 Å². The number of esters is 1. The van der Waals surface area contributed by atoms with Gasteiger partial charge in [0, 0.05) is 4.88 Å². The molecule has 1 aromatic heterocycles. The van der Waals surface area contributed by atoms with Gasteiger partial charge in [-0.3, -0.25) is 9.59 Å². The molecule has 3 fully saturated rings. The molecule has 3 saturated heterocycles. The molecule has 0 N–H and O–H groups in total. The van der Waals surface area contributed by atoms with E-state index in [4.69, 9.17) is 9.47 Å². The Hall–Kier alpha value is -1.73. The fourth-order valence-corrected chi connectivity index (χ4v) is 6.32. The van der Waals surface area contributed by atoms with Crippen molar-refractivity contribution in [1.82, 2.24) is 0 Å². The Labute approximate surface area is 149 Å². The fraction of sp³-hybridized carbons (Fsp3) is 0.611. The van der Waals surface area contributed by atoms with Crippen molar-refractivity contribution in [2.45, 2.75) is 50.7 Å². The number of aryl methyl sites for hydroxylation is 1. The van der Waals surface area contributed by atoms with Crippen LogP contribution < -0.4 is 4.90 Å². The van der Waals surface area contributed by atoms with Crippen LogP contribution in [0.3, 0.4) is 0 Å². The van der Waals surface area contributed by atoms with Gasteiger partial charge in [-0.25, -0.2) is 9.69 Å². The predicted molar refractivity (Wildman–Crippen MR) is 89.7 cm³/mol. The average molecular weight is 361 g/mol. The van der Waals surface area contributed by atoms with Crippen LogP contribution in [0.4, 0.5) is 5.00 Å². The van der Waals surface area contributed by atoms with E-state index >= 15 is 0 Å². The molecule has 132 valence electrons. The monoisotopic (exact) mass is 361 g/mol. The van der Waals surface area contributed by atoms with Gasteiger partial charge in [-0.2, -0.15) is 0 Å². The minimum atomic E-state index is -0.453. The first kappa shape index (κ1) is 15.5. The molecule has 4 aliphatic rings. The molecule has 0 spiro atoms. The lowest BCUT2D eigenvalue weighted by Crippen LogP contribution is -2.34. The van der Waals surface area contributed by atoms with Crippen LogP contribution in [0.25, 0.3) is 0 Å². The Morgan fingerprint density at radius 3 is 2.40 bits per heavy atom. The molecule has 0 radical (unpaired) electrons. The summed E-state index contributed by atoms with van der Waals surface area (Å²) >= 11 is 1.41. The van der Waals surface area contributed by atoms with Crippen molar-refractivity contribution in [3.05, 3.63) is 16.0 Å². The minimum absolute atomic E-state index is 0.146. The molecule has 6 nitrogen and oxygen atoms in total. The van der Waals surface area contributed by atoms with Crippen LogP contribution in [0.2, 0.25) is 0 Å². The standard InChI is InChI=1S/C18H19NO5S/c1-23-18(22)12-8-4-2-3-5-11(8)25-17(12)19-15(20)13-9-6-7-10(24-9)14(13)16(19)21/h9-10,13-14H,2-7H2,1H3/t9-,10-,13-,14-/m0/s1. The van der Waals surface area contributed by atoms with E-state index in [2.05, 4.69) is 0 Å². The summed E-state index contributed by atoms with van der Waals surface area (Å²) in [5.74, 6) is -1.62. The molecule has 7 heteroatoms. The van der Waals surface area contributed by atoms with Gasteiger partial charge < -0.3 is 9.47 Å². The first-order valence-electron chi connectivity index (χ1n) is 8.88. The number of anilines is 1. The summed E-state index contributed by atoms with van der Waals surface area (Å²) in [6.07, 6.45) is 5.15. The topological polar surface area (TPSA) is 72.9 Å². The first-order chi connectivity index (χ1) is 12.1. The molecule has 2 bridgehead atoms. The van der Waals surface area contributed by atoms with Gasteiger partial charge in [0.15, 0.2) is 0 Å². The number of fused-ring (bicyclic) bond motifs is 6. The van der Waals surface area contributed by atoms with Crippen molar-refractivity contribution in [3.63, 3.8) is 0 Å². The van der Waals surface area contributed by atoms with Crippen molar-refractivity contribution in [3.8, 4) is 0 Å². The SMILES string of the molecule is COC(=O)c1c(N2C(=O)[C@@H]3[C@@H](C2=O)[C@@H]2CC[C@@H]3O2)sc2c1CCCC2. The summed E-state index contributed by atoms with van der Waals surface area (Å²) in [6.45, 7) is 0. The zero-order valence-electron chi connectivity index (χ0n) is 13.9. The molecule has 1 aromatic rings. The largest absolute Gasteiger partial charge is 0.465 e. The number of carbonyl (C=O) groups excluding carboxylic acids is 3. The maximum atomic E-state index is 13.0. The molecule has 0 saturated carbocycles. The van der Waals surface area contributed by atoms with Crippen LogP contribution in [0.15, 0.2) is 0 Å². The zero-order chi connectivity index (χ0) is 17.3. The van der Waals surface area contributed by atoms with Gasteiger partial charge in [0.05, 0.1) is 36.7 Å². The van der Waals surface area contributed by atoms with Gasteiger partial charge in [-0.05, 0) is 44.1 Å². The van der Waals surface area contributed by atoms with Gasteiger partial charge in [0.25, 0.3) is 0 Å². The second-order valence-electron chi connectivity index (χ2n) is 7.24. The van der Waals surface area contributed by atoms with Gasteiger partial charge in [0.1, 0.15) is 5.00 Å². The number of hydrogen-bond acceptors (Lipinski definition) is 6. The normalized spacial score (nSPS) is 32.9. The van der Waals surface area contributed by atoms with E-state index in [1.165, 1.54) is 23.3 Å². The summed E-state index contributed by atoms with van der Waals surface area (Å²) in [6, 6.07) is 0. The number of nitrogens with zero attached hydrogens (tertiary/aromatic N) is 1. The van der Waals surface area contributed by atoms with Gasteiger partial charge >= 0.3 is 5.97 Å². The molecular formula is C18H19NO5S. The van der Waals surface area contributed by atoms with E-state index in [1.807, 2.05) is 0 Å². The molecule has 0 aromatic carbocycles. The maximum absolute atomic E-state index is 13.0. The summed E-state index contributed by atoms with van der Waals surface area (Å²) in [7, 11) is 1.34. The number of imide groups is 1. The van der Waals surface area contributed by atoms with Crippen LogP contribution in [-0.4, -0.2) is 37.1 Å². The second kappa shape index (κ2) is 5.38. The lowest BCUT2D eigenvalue weighted by molar-refractivity contribution is -0.124. The van der Waals surface area contributed by atoms with E-state index in [1.54, 1.807) is 0 Å². The highest BCUT2D eigenvalue weighted by atomic mass is 32.1. The summed E-state index contributed by atoms with van der Waals surface area (Å²) in [4.78, 5) is 40.9. The van der Waals surface area contributed by atoms with Gasteiger partial charge in [-0.1, -0.05) is 0 Å². The van der Waals surface area contributed by atoms with Crippen LogP contribution in [0.1, 0.15) is 46.5 Å². The van der Waals surface area contributed by atoms with Crippen molar-refractivity contribution in [1.29, 1.82) is 0 Å². The number of amides is 2. The first-order valence-corrected chi connectivity index (χ1v) is 9.69. The van der Waals surface area contributed by atoms with Crippen molar-refractivity contribution in [2.24, 2.45) is 11.8 Å². The Morgan fingerprint density at radius 1 is 1.12 bits per heavy atom. The Balaban J connectivity index is 1.62. The second-order valence-corrected chi connectivity index (χ2v) is 8.32. The quantitative estimate of drug-likeness (QED) is 0.596. The van der Waals surface area contributed by atoms with Crippen LogP contribution >= 0.6 is 11.3 Å². The third-order valence-corrected chi connectivity index (χ3v) is 7.31. The molecule has 1 aliphatic carbocycles. The Bertz CT molecular complexity index is 772. The minimum Gasteiger partial charge on any atom is -0.465 e.